The Kier molecular flexibility index (Phi) is 5.67. The van der Waals surface area contributed by atoms with E-state index in [0.717, 1.165) is 52.5 Å². The van der Waals surface area contributed by atoms with Crippen molar-refractivity contribution in [3.05, 3.63) is 71.5 Å². The van der Waals surface area contributed by atoms with Crippen LogP contribution in [0.4, 0.5) is 5.69 Å². The number of carbonyl (C=O) groups is 1. The summed E-state index contributed by atoms with van der Waals surface area (Å²) in [5.41, 5.74) is 3.38. The summed E-state index contributed by atoms with van der Waals surface area (Å²) in [7, 11) is 0. The van der Waals surface area contributed by atoms with Gasteiger partial charge in [-0.25, -0.2) is 0 Å². The van der Waals surface area contributed by atoms with E-state index in [2.05, 4.69) is 12.1 Å². The van der Waals surface area contributed by atoms with E-state index in [-0.39, 0.29) is 12.5 Å². The van der Waals surface area contributed by atoms with Crippen LogP contribution < -0.4 is 4.90 Å². The van der Waals surface area contributed by atoms with E-state index in [1.807, 2.05) is 51.8 Å². The second-order valence-corrected chi connectivity index (χ2v) is 10.0. The smallest absolute Gasteiger partial charge is 0.241 e. The molecule has 5 rings (SSSR count). The lowest BCUT2D eigenvalue weighted by Gasteiger charge is -2.44. The molecule has 0 bridgehead atoms. The summed E-state index contributed by atoms with van der Waals surface area (Å²) in [5, 5.41) is 11.5. The van der Waals surface area contributed by atoms with Gasteiger partial charge >= 0.3 is 0 Å². The van der Waals surface area contributed by atoms with E-state index in [0.29, 0.717) is 19.6 Å². The Bertz CT molecular complexity index is 1160. The molecule has 0 aliphatic carbocycles. The lowest BCUT2D eigenvalue weighted by molar-refractivity contribution is -0.127. The number of unbranched alkanes of at least 4 members (excludes halogenated alkanes) is 1. The number of carbonyl (C=O) groups excluding carboxylic acids is 1. The summed E-state index contributed by atoms with van der Waals surface area (Å²) in [6.07, 6.45) is 5.95. The number of benzene rings is 2. The van der Waals surface area contributed by atoms with Crippen LogP contribution in [0.15, 0.2) is 54.7 Å². The van der Waals surface area contributed by atoms with Gasteiger partial charge in [0.1, 0.15) is 11.7 Å². The first-order chi connectivity index (χ1) is 15.5. The van der Waals surface area contributed by atoms with Crippen molar-refractivity contribution in [3.63, 3.8) is 0 Å². The monoisotopic (exact) mass is 449 g/mol. The molecule has 1 N–H and O–H groups in total. The van der Waals surface area contributed by atoms with Gasteiger partial charge in [-0.2, -0.15) is 0 Å². The van der Waals surface area contributed by atoms with Crippen molar-refractivity contribution in [2.45, 2.75) is 31.2 Å². The molecule has 1 atom stereocenters. The van der Waals surface area contributed by atoms with Crippen LogP contribution in [0.3, 0.4) is 0 Å². The molecule has 1 amide bonds. The lowest BCUT2D eigenvalue weighted by atomic mass is 9.76. The summed E-state index contributed by atoms with van der Waals surface area (Å²) in [5.74, 6) is 0.0664. The van der Waals surface area contributed by atoms with Gasteiger partial charge in [-0.1, -0.05) is 42.5 Å². The van der Waals surface area contributed by atoms with Crippen LogP contribution in [-0.2, 0) is 34.5 Å². The molecule has 1 aromatic heterocycles. The molecule has 1 saturated heterocycles. The van der Waals surface area contributed by atoms with E-state index in [1.54, 1.807) is 6.26 Å². The Morgan fingerprint density at radius 2 is 1.88 bits per heavy atom. The summed E-state index contributed by atoms with van der Waals surface area (Å²) in [4.78, 5) is 20.3. The molecule has 1 unspecified atom stereocenters. The highest BCUT2D eigenvalue weighted by Crippen LogP contribution is 2.48. The third-order valence-electron chi connectivity index (χ3n) is 6.76. The zero-order valence-corrected chi connectivity index (χ0v) is 19.0. The molecule has 0 radical (unpaired) electrons. The van der Waals surface area contributed by atoms with E-state index in [4.69, 9.17) is 4.98 Å². The molecule has 3 aromatic rings. The Morgan fingerprint density at radius 3 is 2.66 bits per heavy atom. The first kappa shape index (κ1) is 21.4. The molecule has 2 aliphatic rings. The van der Waals surface area contributed by atoms with Gasteiger partial charge in [0.05, 0.1) is 25.3 Å². The number of para-hydroxylation sites is 1. The zero-order valence-electron chi connectivity index (χ0n) is 18.2. The zero-order chi connectivity index (χ0) is 22.3. The fraction of sp³-hybridized carbons (Fsp3) is 0.360. The van der Waals surface area contributed by atoms with E-state index >= 15 is 0 Å². The first-order valence-corrected chi connectivity index (χ1v) is 12.5. The molecule has 7 heteroatoms. The van der Waals surface area contributed by atoms with Gasteiger partial charge in [-0.3, -0.25) is 9.78 Å². The minimum Gasteiger partial charge on any atom is -0.598 e. The number of fused-ring (bicyclic) bond motifs is 3. The molecular weight excluding hydrogens is 422 g/mol. The maximum Gasteiger partial charge on any atom is 0.241 e. The molecule has 1 spiro atoms. The molecule has 32 heavy (non-hydrogen) atoms. The Morgan fingerprint density at radius 1 is 1.12 bits per heavy atom. The Balaban J connectivity index is 1.51. The second kappa shape index (κ2) is 8.48. The highest BCUT2D eigenvalue weighted by molar-refractivity contribution is 7.88. The standard InChI is InChI=1S/C25H27N3O3S/c1-32(31)27-16-25(17-27)21-11-4-5-12-23(21)28(24(25)30)15-22-20(10-6-7-13-29)19-9-3-2-8-18(19)14-26-22/h2-5,8-9,11-12,14,29H,6-7,10,13,15-17H2,1H3. The van der Waals surface area contributed by atoms with Crippen molar-refractivity contribution in [2.75, 3.05) is 30.9 Å². The first-order valence-electron chi connectivity index (χ1n) is 11.0. The van der Waals surface area contributed by atoms with Gasteiger partial charge in [-0.15, -0.1) is 4.31 Å². The number of hydrogen-bond acceptors (Lipinski definition) is 5. The second-order valence-electron chi connectivity index (χ2n) is 8.66. The minimum atomic E-state index is -1.08. The number of rotatable bonds is 7. The topological polar surface area (TPSA) is 79.7 Å². The Labute approximate surface area is 191 Å². The van der Waals surface area contributed by atoms with Gasteiger partial charge in [0.2, 0.25) is 5.91 Å². The summed E-state index contributed by atoms with van der Waals surface area (Å²) < 4.78 is 13.8. The van der Waals surface area contributed by atoms with Crippen molar-refractivity contribution in [2.24, 2.45) is 0 Å². The van der Waals surface area contributed by atoms with Gasteiger partial charge in [0.15, 0.2) is 0 Å². The number of aliphatic hydroxyl groups excluding tert-OH is 1. The number of hydrogen-bond donors (Lipinski definition) is 1. The lowest BCUT2D eigenvalue weighted by Crippen LogP contribution is -2.64. The van der Waals surface area contributed by atoms with Crippen molar-refractivity contribution in [3.8, 4) is 0 Å². The third kappa shape index (κ3) is 3.40. The Hall–Kier alpha value is -2.45. The quantitative estimate of drug-likeness (QED) is 0.443. The van der Waals surface area contributed by atoms with Gasteiger partial charge in [0, 0.05) is 35.2 Å². The predicted molar refractivity (Wildman–Crippen MR) is 127 cm³/mol. The van der Waals surface area contributed by atoms with Gasteiger partial charge in [-0.05, 0) is 41.8 Å². The van der Waals surface area contributed by atoms with Gasteiger partial charge in [0.25, 0.3) is 0 Å². The molecule has 166 valence electrons. The van der Waals surface area contributed by atoms with Crippen molar-refractivity contribution >= 4 is 33.7 Å². The van der Waals surface area contributed by atoms with Crippen LogP contribution in [0.1, 0.15) is 29.7 Å². The van der Waals surface area contributed by atoms with Gasteiger partial charge < -0.3 is 14.6 Å². The minimum absolute atomic E-state index is 0.0664. The molecule has 1 fully saturated rings. The number of aromatic nitrogens is 1. The highest BCUT2D eigenvalue weighted by Gasteiger charge is 2.60. The average molecular weight is 450 g/mol. The maximum atomic E-state index is 13.7. The fourth-order valence-corrected chi connectivity index (χ4v) is 5.84. The highest BCUT2D eigenvalue weighted by atomic mass is 32.2. The largest absolute Gasteiger partial charge is 0.598 e. The van der Waals surface area contributed by atoms with E-state index in [9.17, 15) is 14.5 Å². The maximum absolute atomic E-state index is 13.7. The average Bonchev–Trinajstić information content (AvgIpc) is 3.02. The third-order valence-corrected chi connectivity index (χ3v) is 7.74. The normalized spacial score (nSPS) is 18.2. The molecule has 2 aliphatic heterocycles. The molecule has 0 saturated carbocycles. The van der Waals surface area contributed by atoms with Crippen LogP contribution in [0, 0.1) is 0 Å². The van der Waals surface area contributed by atoms with Crippen molar-refractivity contribution < 1.29 is 14.5 Å². The summed E-state index contributed by atoms with van der Waals surface area (Å²) >= 11 is -1.08. The number of aryl methyl sites for hydroxylation is 1. The summed E-state index contributed by atoms with van der Waals surface area (Å²) in [6, 6.07) is 16.2. The van der Waals surface area contributed by atoms with E-state index < -0.39 is 16.8 Å². The molecule has 6 nitrogen and oxygen atoms in total. The van der Waals surface area contributed by atoms with Crippen molar-refractivity contribution in [1.82, 2.24) is 9.29 Å². The summed E-state index contributed by atoms with van der Waals surface area (Å²) in [6.45, 7) is 1.55. The predicted octanol–water partition coefficient (Wildman–Crippen LogP) is 2.94. The van der Waals surface area contributed by atoms with E-state index in [1.165, 1.54) is 0 Å². The van der Waals surface area contributed by atoms with Crippen LogP contribution >= 0.6 is 0 Å². The fourth-order valence-electron chi connectivity index (χ4n) is 5.04. The number of pyridine rings is 1. The number of nitrogens with zero attached hydrogens (tertiary/aromatic N) is 3. The molecular formula is C25H27N3O3S. The number of anilines is 1. The van der Waals surface area contributed by atoms with Crippen LogP contribution in [0.5, 0.6) is 0 Å². The van der Waals surface area contributed by atoms with Crippen LogP contribution in [0.25, 0.3) is 10.8 Å². The van der Waals surface area contributed by atoms with Crippen LogP contribution in [0.2, 0.25) is 0 Å². The van der Waals surface area contributed by atoms with Crippen molar-refractivity contribution in [1.29, 1.82) is 0 Å². The molecule has 2 aromatic carbocycles. The van der Waals surface area contributed by atoms with Crippen LogP contribution in [-0.4, -0.2) is 50.8 Å². The number of amides is 1. The SMILES string of the molecule is C[S+]([O-])N1CC2(C1)C(=O)N(Cc1ncc3ccccc3c1CCCCO)c1ccccc12. The molecule has 3 heterocycles. The number of aliphatic hydroxyl groups is 1.